The lowest BCUT2D eigenvalue weighted by atomic mass is 10.1. The van der Waals surface area contributed by atoms with Crippen LogP contribution in [0.25, 0.3) is 0 Å². The summed E-state index contributed by atoms with van der Waals surface area (Å²) in [5.41, 5.74) is 1.18. The molecular formula is C16H16ClFO2. The summed E-state index contributed by atoms with van der Waals surface area (Å²) in [6, 6.07) is 11.6. The molecule has 0 aliphatic heterocycles. The standard InChI is InChI=1S/C16H16ClFO2/c1-2-16(19)11-6-8-12(9-7-11)20-10-13-14(17)4-3-5-15(13)18/h3-9,16,19H,2,10H2,1H3/t16-/m1/s1. The minimum Gasteiger partial charge on any atom is -0.489 e. The zero-order valence-electron chi connectivity index (χ0n) is 11.1. The number of ether oxygens (including phenoxy) is 1. The van der Waals surface area contributed by atoms with Crippen molar-refractivity contribution in [1.82, 2.24) is 0 Å². The molecule has 0 bridgehead atoms. The Morgan fingerprint density at radius 1 is 1.20 bits per heavy atom. The van der Waals surface area contributed by atoms with Crippen molar-refractivity contribution < 1.29 is 14.2 Å². The van der Waals surface area contributed by atoms with Gasteiger partial charge in [0.25, 0.3) is 0 Å². The van der Waals surface area contributed by atoms with E-state index in [1.54, 1.807) is 36.4 Å². The fraction of sp³-hybridized carbons (Fsp3) is 0.250. The van der Waals surface area contributed by atoms with Gasteiger partial charge in [-0.3, -0.25) is 0 Å². The summed E-state index contributed by atoms with van der Waals surface area (Å²) >= 11 is 5.93. The number of aliphatic hydroxyl groups excluding tert-OH is 1. The molecule has 2 rings (SSSR count). The Morgan fingerprint density at radius 2 is 1.90 bits per heavy atom. The molecule has 20 heavy (non-hydrogen) atoms. The second-order valence-corrected chi connectivity index (χ2v) is 4.89. The van der Waals surface area contributed by atoms with Crippen molar-refractivity contribution in [2.75, 3.05) is 0 Å². The van der Waals surface area contributed by atoms with Crippen molar-refractivity contribution in [1.29, 1.82) is 0 Å². The molecule has 2 nitrogen and oxygen atoms in total. The van der Waals surface area contributed by atoms with E-state index in [2.05, 4.69) is 0 Å². The van der Waals surface area contributed by atoms with E-state index in [9.17, 15) is 9.50 Å². The SMILES string of the molecule is CC[C@@H](O)c1ccc(OCc2c(F)cccc2Cl)cc1. The summed E-state index contributed by atoms with van der Waals surface area (Å²) in [6.07, 6.45) is 0.190. The Balaban J connectivity index is 2.04. The molecule has 0 saturated heterocycles. The quantitative estimate of drug-likeness (QED) is 0.879. The molecule has 2 aromatic carbocycles. The molecule has 0 saturated carbocycles. The molecule has 1 N–H and O–H groups in total. The summed E-state index contributed by atoms with van der Waals surface area (Å²) in [7, 11) is 0. The average molecular weight is 295 g/mol. The minimum atomic E-state index is -0.468. The molecule has 0 radical (unpaired) electrons. The lowest BCUT2D eigenvalue weighted by Crippen LogP contribution is -2.00. The molecule has 1 atom stereocenters. The van der Waals surface area contributed by atoms with E-state index in [0.29, 0.717) is 22.8 Å². The van der Waals surface area contributed by atoms with Gasteiger partial charge in [0.05, 0.1) is 11.1 Å². The number of aliphatic hydroxyl groups is 1. The Labute approximate surface area is 122 Å². The van der Waals surface area contributed by atoms with E-state index in [1.807, 2.05) is 6.92 Å². The summed E-state index contributed by atoms with van der Waals surface area (Å²) in [4.78, 5) is 0. The van der Waals surface area contributed by atoms with Crippen LogP contribution in [0.5, 0.6) is 5.75 Å². The van der Waals surface area contributed by atoms with Crippen LogP contribution in [0.15, 0.2) is 42.5 Å². The first-order valence-corrected chi connectivity index (χ1v) is 6.83. The zero-order valence-corrected chi connectivity index (χ0v) is 11.9. The average Bonchev–Trinajstić information content (AvgIpc) is 2.46. The second-order valence-electron chi connectivity index (χ2n) is 4.48. The molecule has 0 spiro atoms. The van der Waals surface area contributed by atoms with Crippen molar-refractivity contribution in [2.24, 2.45) is 0 Å². The fourth-order valence-corrected chi connectivity index (χ4v) is 2.07. The van der Waals surface area contributed by atoms with Gasteiger partial charge in [-0.2, -0.15) is 0 Å². The largest absolute Gasteiger partial charge is 0.489 e. The number of rotatable bonds is 5. The predicted octanol–water partition coefficient (Wildman–Crippen LogP) is 4.50. The van der Waals surface area contributed by atoms with Crippen LogP contribution in [0.2, 0.25) is 5.02 Å². The third-order valence-corrected chi connectivity index (χ3v) is 3.45. The molecule has 0 amide bonds. The number of benzene rings is 2. The van der Waals surface area contributed by atoms with E-state index in [-0.39, 0.29) is 12.4 Å². The minimum absolute atomic E-state index is 0.0706. The topological polar surface area (TPSA) is 29.5 Å². The zero-order chi connectivity index (χ0) is 14.5. The first-order chi connectivity index (χ1) is 9.61. The van der Waals surface area contributed by atoms with E-state index >= 15 is 0 Å². The van der Waals surface area contributed by atoms with Crippen molar-refractivity contribution in [2.45, 2.75) is 26.1 Å². The summed E-state index contributed by atoms with van der Waals surface area (Å²) in [6.45, 7) is 1.98. The molecule has 0 heterocycles. The highest BCUT2D eigenvalue weighted by atomic mass is 35.5. The van der Waals surface area contributed by atoms with Crippen LogP contribution in [0.4, 0.5) is 4.39 Å². The smallest absolute Gasteiger partial charge is 0.131 e. The number of halogens is 2. The van der Waals surface area contributed by atoms with Crippen LogP contribution < -0.4 is 4.74 Å². The van der Waals surface area contributed by atoms with Gasteiger partial charge in [-0.15, -0.1) is 0 Å². The lowest BCUT2D eigenvalue weighted by Gasteiger charge is -2.11. The molecule has 0 unspecified atom stereocenters. The first-order valence-electron chi connectivity index (χ1n) is 6.45. The highest BCUT2D eigenvalue weighted by molar-refractivity contribution is 6.31. The van der Waals surface area contributed by atoms with Gasteiger partial charge in [0.2, 0.25) is 0 Å². The third-order valence-electron chi connectivity index (χ3n) is 3.10. The molecule has 0 fully saturated rings. The summed E-state index contributed by atoms with van der Waals surface area (Å²) < 4.78 is 19.1. The molecule has 0 aliphatic rings. The van der Waals surface area contributed by atoms with Gasteiger partial charge in [-0.05, 0) is 36.2 Å². The van der Waals surface area contributed by atoms with E-state index < -0.39 is 6.10 Å². The monoisotopic (exact) mass is 294 g/mol. The summed E-state index contributed by atoms with van der Waals surface area (Å²) in [5.74, 6) is 0.229. The van der Waals surface area contributed by atoms with Gasteiger partial charge in [-0.1, -0.05) is 36.7 Å². The van der Waals surface area contributed by atoms with Crippen molar-refractivity contribution in [3.8, 4) is 5.75 Å². The van der Waals surface area contributed by atoms with Crippen LogP contribution in [-0.4, -0.2) is 5.11 Å². The number of hydrogen-bond acceptors (Lipinski definition) is 2. The fourth-order valence-electron chi connectivity index (χ4n) is 1.85. The maximum atomic E-state index is 13.6. The van der Waals surface area contributed by atoms with Crippen molar-refractivity contribution in [3.05, 3.63) is 64.4 Å². The van der Waals surface area contributed by atoms with Crippen molar-refractivity contribution in [3.63, 3.8) is 0 Å². The Bertz CT molecular complexity index is 549. The van der Waals surface area contributed by atoms with Gasteiger partial charge < -0.3 is 9.84 Å². The van der Waals surface area contributed by atoms with Crippen LogP contribution in [-0.2, 0) is 6.61 Å². The first kappa shape index (κ1) is 14.8. The van der Waals surface area contributed by atoms with Gasteiger partial charge in [0, 0.05) is 5.56 Å². The maximum Gasteiger partial charge on any atom is 0.131 e. The maximum absolute atomic E-state index is 13.6. The second kappa shape index (κ2) is 6.73. The van der Waals surface area contributed by atoms with Gasteiger partial charge >= 0.3 is 0 Å². The number of hydrogen-bond donors (Lipinski definition) is 1. The van der Waals surface area contributed by atoms with Gasteiger partial charge in [-0.25, -0.2) is 4.39 Å². The molecule has 0 aromatic heterocycles. The van der Waals surface area contributed by atoms with Gasteiger partial charge in [0.15, 0.2) is 0 Å². The van der Waals surface area contributed by atoms with Crippen LogP contribution in [0.1, 0.15) is 30.6 Å². The molecule has 0 aliphatic carbocycles. The third kappa shape index (κ3) is 3.50. The van der Waals surface area contributed by atoms with Crippen molar-refractivity contribution >= 4 is 11.6 Å². The lowest BCUT2D eigenvalue weighted by molar-refractivity contribution is 0.173. The molecular weight excluding hydrogens is 279 g/mol. The van der Waals surface area contributed by atoms with Crippen LogP contribution >= 0.6 is 11.6 Å². The predicted molar refractivity (Wildman–Crippen MR) is 77.4 cm³/mol. The summed E-state index contributed by atoms with van der Waals surface area (Å²) in [5, 5.41) is 10.0. The Kier molecular flexibility index (Phi) is 4.99. The van der Waals surface area contributed by atoms with E-state index in [1.165, 1.54) is 6.07 Å². The van der Waals surface area contributed by atoms with Gasteiger partial charge in [0.1, 0.15) is 18.2 Å². The molecule has 106 valence electrons. The highest BCUT2D eigenvalue weighted by Gasteiger charge is 2.08. The van der Waals surface area contributed by atoms with Crippen LogP contribution in [0.3, 0.4) is 0 Å². The van der Waals surface area contributed by atoms with E-state index in [0.717, 1.165) is 5.56 Å². The normalized spacial score (nSPS) is 12.2. The van der Waals surface area contributed by atoms with E-state index in [4.69, 9.17) is 16.3 Å². The molecule has 2 aromatic rings. The highest BCUT2D eigenvalue weighted by Crippen LogP contribution is 2.23. The van der Waals surface area contributed by atoms with Crippen LogP contribution in [0, 0.1) is 5.82 Å². The Morgan fingerprint density at radius 3 is 2.50 bits per heavy atom. The molecule has 4 heteroatoms. The Hall–Kier alpha value is -1.58.